The van der Waals surface area contributed by atoms with Gasteiger partial charge in [0.15, 0.2) is 0 Å². The molecule has 20 heavy (non-hydrogen) atoms. The molecular weight excluding hydrogens is 268 g/mol. The zero-order chi connectivity index (χ0) is 14.7. The van der Waals surface area contributed by atoms with Gasteiger partial charge in [0.25, 0.3) is 0 Å². The van der Waals surface area contributed by atoms with Crippen molar-refractivity contribution in [2.24, 2.45) is 0 Å². The number of thioether (sulfide) groups is 1. The molecule has 2 heterocycles. The highest BCUT2D eigenvalue weighted by molar-refractivity contribution is 8.00. The van der Waals surface area contributed by atoms with Crippen molar-refractivity contribution in [2.75, 3.05) is 13.1 Å². The molecule has 2 atom stereocenters. The van der Waals surface area contributed by atoms with E-state index in [1.54, 1.807) is 0 Å². The zero-order valence-electron chi connectivity index (χ0n) is 13.4. The van der Waals surface area contributed by atoms with Crippen LogP contribution >= 0.6 is 11.8 Å². The molecule has 4 heteroatoms. The molecule has 0 saturated carbocycles. The molecule has 1 aliphatic rings. The van der Waals surface area contributed by atoms with Crippen LogP contribution in [0.15, 0.2) is 10.5 Å². The van der Waals surface area contributed by atoms with Gasteiger partial charge in [0.1, 0.15) is 11.5 Å². The fourth-order valence-corrected chi connectivity index (χ4v) is 4.18. The molecule has 1 aromatic heterocycles. The summed E-state index contributed by atoms with van der Waals surface area (Å²) in [5.41, 5.74) is 1.34. The first kappa shape index (κ1) is 15.9. The van der Waals surface area contributed by atoms with E-state index in [9.17, 15) is 0 Å². The molecule has 114 valence electrons. The SMILES string of the molecule is Cc1oc(CNC(C)C)cc1CN1CC(C)SC(C)C1. The summed E-state index contributed by atoms with van der Waals surface area (Å²) in [6.45, 7) is 15.3. The Morgan fingerprint density at radius 3 is 2.60 bits per heavy atom. The van der Waals surface area contributed by atoms with E-state index in [1.807, 2.05) is 0 Å². The topological polar surface area (TPSA) is 28.4 Å². The highest BCUT2D eigenvalue weighted by Gasteiger charge is 2.23. The monoisotopic (exact) mass is 296 g/mol. The molecular formula is C16H28N2OS. The van der Waals surface area contributed by atoms with Crippen molar-refractivity contribution in [3.05, 3.63) is 23.2 Å². The van der Waals surface area contributed by atoms with E-state index in [0.29, 0.717) is 6.04 Å². The molecule has 0 amide bonds. The van der Waals surface area contributed by atoms with Gasteiger partial charge in [-0.05, 0) is 13.0 Å². The summed E-state index contributed by atoms with van der Waals surface area (Å²) in [7, 11) is 0. The molecule has 0 aliphatic carbocycles. The Labute approximate surface area is 127 Å². The second-order valence-electron chi connectivity index (χ2n) is 6.28. The lowest BCUT2D eigenvalue weighted by molar-refractivity contribution is 0.261. The number of nitrogens with one attached hydrogen (secondary N) is 1. The third-order valence-corrected chi connectivity index (χ3v) is 4.87. The van der Waals surface area contributed by atoms with Crippen molar-refractivity contribution in [3.63, 3.8) is 0 Å². The lowest BCUT2D eigenvalue weighted by atomic mass is 10.2. The summed E-state index contributed by atoms with van der Waals surface area (Å²) in [6.07, 6.45) is 0. The predicted molar refractivity (Wildman–Crippen MR) is 87.2 cm³/mol. The first-order valence-electron chi connectivity index (χ1n) is 7.63. The van der Waals surface area contributed by atoms with Crippen LogP contribution in [0.5, 0.6) is 0 Å². The molecule has 3 nitrogen and oxygen atoms in total. The van der Waals surface area contributed by atoms with Gasteiger partial charge in [-0.25, -0.2) is 0 Å². The molecule has 1 saturated heterocycles. The second kappa shape index (κ2) is 7.01. The first-order valence-corrected chi connectivity index (χ1v) is 8.57. The standard InChI is InChI=1S/C16H28N2OS/c1-11(2)17-7-16-6-15(14(5)19-16)10-18-8-12(3)20-13(4)9-18/h6,11-13,17H,7-10H2,1-5H3. The summed E-state index contributed by atoms with van der Waals surface area (Å²) in [6, 6.07) is 2.71. The van der Waals surface area contributed by atoms with Crippen LogP contribution in [-0.4, -0.2) is 34.5 Å². The van der Waals surface area contributed by atoms with Crippen LogP contribution in [0.25, 0.3) is 0 Å². The molecule has 1 aliphatic heterocycles. The summed E-state index contributed by atoms with van der Waals surface area (Å²) in [5.74, 6) is 2.13. The van der Waals surface area contributed by atoms with E-state index in [4.69, 9.17) is 4.42 Å². The van der Waals surface area contributed by atoms with E-state index in [2.05, 4.69) is 62.7 Å². The van der Waals surface area contributed by atoms with Gasteiger partial charge in [-0.3, -0.25) is 4.90 Å². The van der Waals surface area contributed by atoms with Gasteiger partial charge in [-0.15, -0.1) is 0 Å². The minimum absolute atomic E-state index is 0.490. The van der Waals surface area contributed by atoms with E-state index >= 15 is 0 Å². The molecule has 0 spiro atoms. The van der Waals surface area contributed by atoms with Crippen LogP contribution in [0.3, 0.4) is 0 Å². The number of hydrogen-bond donors (Lipinski definition) is 1. The highest BCUT2D eigenvalue weighted by Crippen LogP contribution is 2.26. The highest BCUT2D eigenvalue weighted by atomic mass is 32.2. The maximum atomic E-state index is 5.87. The Morgan fingerprint density at radius 1 is 1.35 bits per heavy atom. The minimum Gasteiger partial charge on any atom is -0.465 e. The summed E-state index contributed by atoms with van der Waals surface area (Å²) < 4.78 is 5.87. The number of nitrogens with zero attached hydrogens (tertiary/aromatic N) is 1. The van der Waals surface area contributed by atoms with Crippen LogP contribution < -0.4 is 5.32 Å². The van der Waals surface area contributed by atoms with Crippen LogP contribution in [0.2, 0.25) is 0 Å². The molecule has 2 unspecified atom stereocenters. The summed E-state index contributed by atoms with van der Waals surface area (Å²) in [4.78, 5) is 2.56. The fourth-order valence-electron chi connectivity index (χ4n) is 2.79. The second-order valence-corrected chi connectivity index (χ2v) is 8.16. The van der Waals surface area contributed by atoms with E-state index < -0.39 is 0 Å². The quantitative estimate of drug-likeness (QED) is 0.901. The number of aryl methyl sites for hydroxylation is 1. The number of hydrogen-bond acceptors (Lipinski definition) is 4. The van der Waals surface area contributed by atoms with E-state index in [1.165, 1.54) is 18.7 Å². The van der Waals surface area contributed by atoms with Crippen molar-refractivity contribution < 1.29 is 4.42 Å². The Kier molecular flexibility index (Phi) is 5.58. The summed E-state index contributed by atoms with van der Waals surface area (Å²) in [5, 5.41) is 4.87. The maximum absolute atomic E-state index is 5.87. The molecule has 1 N–H and O–H groups in total. The minimum atomic E-state index is 0.490. The molecule has 0 bridgehead atoms. The maximum Gasteiger partial charge on any atom is 0.118 e. The third kappa shape index (κ3) is 4.54. The molecule has 1 fully saturated rings. The lowest BCUT2D eigenvalue weighted by Crippen LogP contribution is -2.39. The van der Waals surface area contributed by atoms with Gasteiger partial charge >= 0.3 is 0 Å². The van der Waals surface area contributed by atoms with Gasteiger partial charge in [0, 0.05) is 41.7 Å². The van der Waals surface area contributed by atoms with Crippen molar-refractivity contribution in [1.29, 1.82) is 0 Å². The Morgan fingerprint density at radius 2 is 2.00 bits per heavy atom. The van der Waals surface area contributed by atoms with Gasteiger partial charge in [0.2, 0.25) is 0 Å². The molecule has 1 aromatic rings. The molecule has 0 aromatic carbocycles. The zero-order valence-corrected chi connectivity index (χ0v) is 14.2. The van der Waals surface area contributed by atoms with Crippen molar-refractivity contribution in [1.82, 2.24) is 10.2 Å². The van der Waals surface area contributed by atoms with E-state index in [-0.39, 0.29) is 0 Å². The predicted octanol–water partition coefficient (Wildman–Crippen LogP) is 3.41. The molecule has 0 radical (unpaired) electrons. The van der Waals surface area contributed by atoms with Crippen LogP contribution in [0.1, 0.15) is 44.8 Å². The van der Waals surface area contributed by atoms with Crippen molar-refractivity contribution in [2.45, 2.75) is 64.2 Å². The van der Waals surface area contributed by atoms with Crippen molar-refractivity contribution >= 4 is 11.8 Å². The Bertz CT molecular complexity index is 420. The van der Waals surface area contributed by atoms with Crippen molar-refractivity contribution in [3.8, 4) is 0 Å². The fraction of sp³-hybridized carbons (Fsp3) is 0.750. The van der Waals surface area contributed by atoms with Crippen LogP contribution in [0, 0.1) is 6.92 Å². The Balaban J connectivity index is 1.95. The van der Waals surface area contributed by atoms with Crippen LogP contribution in [-0.2, 0) is 13.1 Å². The normalized spacial score (nSPS) is 24.5. The smallest absolute Gasteiger partial charge is 0.118 e. The largest absolute Gasteiger partial charge is 0.465 e. The van der Waals surface area contributed by atoms with Crippen LogP contribution in [0.4, 0.5) is 0 Å². The van der Waals surface area contributed by atoms with Gasteiger partial charge in [-0.1, -0.05) is 27.7 Å². The lowest BCUT2D eigenvalue weighted by Gasteiger charge is -2.34. The molecule has 2 rings (SSSR count). The van der Waals surface area contributed by atoms with E-state index in [0.717, 1.165) is 35.1 Å². The summed E-state index contributed by atoms with van der Waals surface area (Å²) >= 11 is 2.10. The first-order chi connectivity index (χ1) is 9.44. The Hall–Kier alpha value is -0.450. The third-order valence-electron chi connectivity index (χ3n) is 3.65. The van der Waals surface area contributed by atoms with Gasteiger partial charge in [0.05, 0.1) is 6.54 Å². The van der Waals surface area contributed by atoms with Gasteiger partial charge in [-0.2, -0.15) is 11.8 Å². The number of furan rings is 1. The van der Waals surface area contributed by atoms with Gasteiger partial charge < -0.3 is 9.73 Å². The average molecular weight is 296 g/mol. The number of rotatable bonds is 5. The average Bonchev–Trinajstić information content (AvgIpc) is 2.66.